The van der Waals surface area contributed by atoms with Crippen molar-refractivity contribution in [3.8, 4) is 11.5 Å². The Kier molecular flexibility index (Phi) is 5.11. The third kappa shape index (κ3) is 3.41. The summed E-state index contributed by atoms with van der Waals surface area (Å²) >= 11 is 3.18. The number of hydrogen-bond acceptors (Lipinski definition) is 4. The van der Waals surface area contributed by atoms with E-state index >= 15 is 0 Å². The van der Waals surface area contributed by atoms with Crippen LogP contribution in [0.1, 0.15) is 10.4 Å². The summed E-state index contributed by atoms with van der Waals surface area (Å²) in [6.45, 7) is 0.332. The molecule has 1 rings (SSSR count). The Hall–Kier alpha value is -1.23. The summed E-state index contributed by atoms with van der Waals surface area (Å²) in [4.78, 5) is 11.6. The molecule has 0 bridgehead atoms. The Balaban J connectivity index is 2.89. The normalized spacial score (nSPS) is 9.69. The van der Waals surface area contributed by atoms with Gasteiger partial charge in [0.25, 0.3) is 0 Å². The number of carbonyl (C=O) groups excluding carboxylic acids is 1. The van der Waals surface area contributed by atoms with E-state index in [-0.39, 0.29) is 0 Å². The van der Waals surface area contributed by atoms with Gasteiger partial charge in [-0.3, -0.25) is 0 Å². The fourth-order valence-corrected chi connectivity index (χ4v) is 1.30. The first kappa shape index (κ1) is 12.8. The average molecular weight is 289 g/mol. The minimum atomic E-state index is -0.392. The van der Waals surface area contributed by atoms with Crippen molar-refractivity contribution in [3.05, 3.63) is 23.8 Å². The van der Waals surface area contributed by atoms with Crippen molar-refractivity contribution in [3.63, 3.8) is 0 Å². The monoisotopic (exact) mass is 288 g/mol. The molecule has 0 aliphatic heterocycles. The molecule has 0 aromatic heterocycles. The number of ether oxygens (including phenoxy) is 3. The van der Waals surface area contributed by atoms with Gasteiger partial charge in [-0.25, -0.2) is 4.79 Å². The van der Waals surface area contributed by atoms with Gasteiger partial charge in [0.05, 0.1) is 19.8 Å². The molecule has 1 aromatic carbocycles. The summed E-state index contributed by atoms with van der Waals surface area (Å²) in [5.41, 5.74) is 0.414. The van der Waals surface area contributed by atoms with Crippen LogP contribution in [0.5, 0.6) is 11.5 Å². The molecule has 5 heteroatoms. The fraction of sp³-hybridized carbons (Fsp3) is 0.364. The maximum Gasteiger partial charge on any atom is 0.338 e. The molecule has 0 fully saturated rings. The van der Waals surface area contributed by atoms with E-state index in [0.29, 0.717) is 29.0 Å². The Morgan fingerprint density at radius 3 is 2.19 bits per heavy atom. The van der Waals surface area contributed by atoms with Gasteiger partial charge in [-0.2, -0.15) is 0 Å². The molecule has 88 valence electrons. The van der Waals surface area contributed by atoms with Gasteiger partial charge >= 0.3 is 5.97 Å². The third-order valence-corrected chi connectivity index (χ3v) is 2.22. The maximum absolute atomic E-state index is 11.6. The van der Waals surface area contributed by atoms with E-state index in [1.165, 1.54) is 14.2 Å². The highest BCUT2D eigenvalue weighted by Crippen LogP contribution is 2.22. The number of halogens is 1. The zero-order chi connectivity index (χ0) is 12.0. The topological polar surface area (TPSA) is 44.8 Å². The summed E-state index contributed by atoms with van der Waals surface area (Å²) in [7, 11) is 3.06. The van der Waals surface area contributed by atoms with E-state index in [1.54, 1.807) is 18.2 Å². The van der Waals surface area contributed by atoms with E-state index in [0.717, 1.165) is 0 Å². The Morgan fingerprint density at radius 1 is 1.19 bits per heavy atom. The van der Waals surface area contributed by atoms with Crippen LogP contribution in [0.15, 0.2) is 18.2 Å². The highest BCUT2D eigenvalue weighted by atomic mass is 79.9. The van der Waals surface area contributed by atoms with Crippen molar-refractivity contribution in [2.24, 2.45) is 0 Å². The lowest BCUT2D eigenvalue weighted by Crippen LogP contribution is -2.07. The molecule has 0 radical (unpaired) electrons. The molecule has 0 spiro atoms. The standard InChI is InChI=1S/C11H13BrO4/c1-14-9-5-8(6-10(7-9)15-2)11(13)16-4-3-12/h5-7H,3-4H2,1-2H3. The quantitative estimate of drug-likeness (QED) is 0.616. The molecule has 0 atom stereocenters. The third-order valence-electron chi connectivity index (χ3n) is 1.90. The molecule has 4 nitrogen and oxygen atoms in total. The number of benzene rings is 1. The second-order valence-electron chi connectivity index (χ2n) is 2.93. The van der Waals surface area contributed by atoms with Crippen molar-refractivity contribution in [1.29, 1.82) is 0 Å². The predicted octanol–water partition coefficient (Wildman–Crippen LogP) is 2.26. The van der Waals surface area contributed by atoms with Crippen LogP contribution in [0.25, 0.3) is 0 Å². The molecule has 0 saturated carbocycles. The zero-order valence-corrected chi connectivity index (χ0v) is 10.7. The van der Waals surface area contributed by atoms with E-state index in [4.69, 9.17) is 14.2 Å². The minimum Gasteiger partial charge on any atom is -0.497 e. The second-order valence-corrected chi connectivity index (χ2v) is 3.72. The maximum atomic E-state index is 11.6. The van der Waals surface area contributed by atoms with Crippen LogP contribution in [0.3, 0.4) is 0 Å². The van der Waals surface area contributed by atoms with Crippen molar-refractivity contribution in [1.82, 2.24) is 0 Å². The van der Waals surface area contributed by atoms with Gasteiger partial charge in [0, 0.05) is 11.4 Å². The first-order valence-electron chi connectivity index (χ1n) is 4.67. The SMILES string of the molecule is COc1cc(OC)cc(C(=O)OCCBr)c1. The number of esters is 1. The van der Waals surface area contributed by atoms with E-state index in [9.17, 15) is 4.79 Å². The van der Waals surface area contributed by atoms with Crippen LogP contribution >= 0.6 is 15.9 Å². The Labute approximate surface area is 103 Å². The lowest BCUT2D eigenvalue weighted by molar-refractivity contribution is 0.0530. The van der Waals surface area contributed by atoms with Crippen LogP contribution < -0.4 is 9.47 Å². The summed E-state index contributed by atoms with van der Waals surface area (Å²) in [5.74, 6) is 0.729. The molecule has 0 amide bonds. The number of alkyl halides is 1. The molecule has 0 aliphatic rings. The molecule has 16 heavy (non-hydrogen) atoms. The molecule has 0 aliphatic carbocycles. The predicted molar refractivity (Wildman–Crippen MR) is 63.6 cm³/mol. The second kappa shape index (κ2) is 6.37. The van der Waals surface area contributed by atoms with Gasteiger partial charge in [0.15, 0.2) is 0 Å². The van der Waals surface area contributed by atoms with Gasteiger partial charge in [-0.05, 0) is 12.1 Å². The number of rotatable bonds is 5. The van der Waals surface area contributed by atoms with Crippen molar-refractivity contribution in [2.45, 2.75) is 0 Å². The minimum absolute atomic E-state index is 0.332. The molecular formula is C11H13BrO4. The molecule has 0 heterocycles. The zero-order valence-electron chi connectivity index (χ0n) is 9.16. The largest absolute Gasteiger partial charge is 0.497 e. The van der Waals surface area contributed by atoms with E-state index < -0.39 is 5.97 Å². The van der Waals surface area contributed by atoms with Crippen LogP contribution in [0.4, 0.5) is 0 Å². The Bertz CT molecular complexity index is 343. The lowest BCUT2D eigenvalue weighted by atomic mass is 10.2. The first-order chi connectivity index (χ1) is 7.71. The van der Waals surface area contributed by atoms with Gasteiger partial charge < -0.3 is 14.2 Å². The summed E-state index contributed by atoms with van der Waals surface area (Å²) in [5, 5.41) is 0.611. The van der Waals surface area contributed by atoms with E-state index in [1.807, 2.05) is 0 Å². The van der Waals surface area contributed by atoms with Gasteiger partial charge in [0.1, 0.15) is 18.1 Å². The van der Waals surface area contributed by atoms with Crippen LogP contribution in [0, 0.1) is 0 Å². The molecular weight excluding hydrogens is 276 g/mol. The Morgan fingerprint density at radius 2 is 1.75 bits per heavy atom. The summed E-state index contributed by atoms with van der Waals surface area (Å²) < 4.78 is 15.1. The van der Waals surface area contributed by atoms with Gasteiger partial charge in [0.2, 0.25) is 0 Å². The fourth-order valence-electron chi connectivity index (χ4n) is 1.14. The number of hydrogen-bond donors (Lipinski definition) is 0. The van der Waals surface area contributed by atoms with Gasteiger partial charge in [-0.15, -0.1) is 0 Å². The lowest BCUT2D eigenvalue weighted by Gasteiger charge is -2.07. The summed E-state index contributed by atoms with van der Waals surface area (Å²) in [6.07, 6.45) is 0. The highest BCUT2D eigenvalue weighted by Gasteiger charge is 2.10. The smallest absolute Gasteiger partial charge is 0.338 e. The molecule has 1 aromatic rings. The highest BCUT2D eigenvalue weighted by molar-refractivity contribution is 9.09. The van der Waals surface area contributed by atoms with Crippen LogP contribution in [-0.2, 0) is 4.74 Å². The van der Waals surface area contributed by atoms with Crippen LogP contribution in [-0.4, -0.2) is 32.1 Å². The van der Waals surface area contributed by atoms with Crippen LogP contribution in [0.2, 0.25) is 0 Å². The molecule has 0 unspecified atom stereocenters. The molecule has 0 saturated heterocycles. The van der Waals surface area contributed by atoms with E-state index in [2.05, 4.69) is 15.9 Å². The molecule has 0 N–H and O–H groups in total. The van der Waals surface area contributed by atoms with Crippen molar-refractivity contribution >= 4 is 21.9 Å². The van der Waals surface area contributed by atoms with Crippen molar-refractivity contribution in [2.75, 3.05) is 26.2 Å². The number of methoxy groups -OCH3 is 2. The average Bonchev–Trinajstić information content (AvgIpc) is 2.35. The first-order valence-corrected chi connectivity index (χ1v) is 5.79. The summed E-state index contributed by atoms with van der Waals surface area (Å²) in [6, 6.07) is 4.92. The van der Waals surface area contributed by atoms with Gasteiger partial charge in [-0.1, -0.05) is 15.9 Å². The number of carbonyl (C=O) groups is 1. The van der Waals surface area contributed by atoms with Crippen molar-refractivity contribution < 1.29 is 19.0 Å².